The van der Waals surface area contributed by atoms with Gasteiger partial charge in [0.05, 0.1) is 13.2 Å². The molecule has 148 valence electrons. The highest BCUT2D eigenvalue weighted by Crippen LogP contribution is 2.20. The molecule has 2 aliphatic heterocycles. The van der Waals surface area contributed by atoms with Crippen molar-refractivity contribution < 1.29 is 14.3 Å². The third-order valence-electron chi connectivity index (χ3n) is 5.06. The van der Waals surface area contributed by atoms with E-state index in [4.69, 9.17) is 16.3 Å². The molecule has 0 aliphatic carbocycles. The molecule has 0 spiro atoms. The minimum absolute atomic E-state index is 0.134. The Balaban J connectivity index is 1.42. The molecule has 2 aliphatic rings. The van der Waals surface area contributed by atoms with Crippen molar-refractivity contribution in [3.63, 3.8) is 0 Å². The number of piperazine rings is 2. The molecule has 2 amide bonds. The Labute approximate surface area is 165 Å². The molecule has 0 atom stereocenters. The van der Waals surface area contributed by atoms with Crippen molar-refractivity contribution in [3.8, 4) is 0 Å². The molecule has 0 unspecified atom stereocenters. The summed E-state index contributed by atoms with van der Waals surface area (Å²) in [7, 11) is 0. The van der Waals surface area contributed by atoms with E-state index in [1.54, 1.807) is 11.8 Å². The summed E-state index contributed by atoms with van der Waals surface area (Å²) in [6.07, 6.45) is -0.290. The highest BCUT2D eigenvalue weighted by atomic mass is 35.5. The lowest BCUT2D eigenvalue weighted by molar-refractivity contribution is -0.134. The first-order chi connectivity index (χ1) is 13.1. The fraction of sp³-hybridized carbons (Fsp3) is 0.579. The number of ether oxygens (including phenoxy) is 1. The van der Waals surface area contributed by atoms with Crippen molar-refractivity contribution in [1.82, 2.24) is 14.7 Å². The van der Waals surface area contributed by atoms with Gasteiger partial charge in [0.25, 0.3) is 0 Å². The normalized spacial score (nSPS) is 18.5. The molecule has 0 bridgehead atoms. The second-order valence-electron chi connectivity index (χ2n) is 6.81. The number of rotatable bonds is 4. The molecule has 2 saturated heterocycles. The fourth-order valence-electron chi connectivity index (χ4n) is 3.48. The van der Waals surface area contributed by atoms with Gasteiger partial charge in [0.1, 0.15) is 0 Å². The van der Waals surface area contributed by atoms with Crippen LogP contribution >= 0.6 is 11.6 Å². The van der Waals surface area contributed by atoms with Crippen LogP contribution in [0.25, 0.3) is 0 Å². The van der Waals surface area contributed by atoms with Crippen LogP contribution in [-0.4, -0.2) is 92.2 Å². The van der Waals surface area contributed by atoms with E-state index in [0.29, 0.717) is 39.3 Å². The summed E-state index contributed by atoms with van der Waals surface area (Å²) < 4.78 is 5.01. The molecule has 0 N–H and O–H groups in total. The molecule has 27 heavy (non-hydrogen) atoms. The van der Waals surface area contributed by atoms with Gasteiger partial charge >= 0.3 is 6.09 Å². The largest absolute Gasteiger partial charge is 0.450 e. The quantitative estimate of drug-likeness (QED) is 0.779. The van der Waals surface area contributed by atoms with Gasteiger partial charge in [-0.05, 0) is 25.1 Å². The molecule has 8 heteroatoms. The van der Waals surface area contributed by atoms with Crippen LogP contribution in [-0.2, 0) is 9.53 Å². The number of hydrogen-bond donors (Lipinski definition) is 0. The van der Waals surface area contributed by atoms with Crippen LogP contribution in [0.1, 0.15) is 6.92 Å². The van der Waals surface area contributed by atoms with Crippen LogP contribution in [0.4, 0.5) is 10.5 Å². The maximum absolute atomic E-state index is 12.6. The number of carbonyl (C=O) groups excluding carboxylic acids is 2. The summed E-state index contributed by atoms with van der Waals surface area (Å²) in [6.45, 7) is 8.27. The Morgan fingerprint density at radius 1 is 1.00 bits per heavy atom. The molecule has 1 aromatic carbocycles. The van der Waals surface area contributed by atoms with Gasteiger partial charge in [-0.15, -0.1) is 0 Å². The predicted molar refractivity (Wildman–Crippen MR) is 105 cm³/mol. The summed E-state index contributed by atoms with van der Waals surface area (Å²) in [5.74, 6) is 0.134. The van der Waals surface area contributed by atoms with E-state index >= 15 is 0 Å². The SMILES string of the molecule is CCOC(=O)N1CCN(C(=O)CN2CCN(c3cccc(Cl)c3)CC2)CC1. The van der Waals surface area contributed by atoms with Crippen LogP contribution in [0.2, 0.25) is 5.02 Å². The maximum Gasteiger partial charge on any atom is 0.409 e. The van der Waals surface area contributed by atoms with Gasteiger partial charge in [-0.25, -0.2) is 4.79 Å². The number of benzene rings is 1. The topological polar surface area (TPSA) is 56.3 Å². The fourth-order valence-corrected chi connectivity index (χ4v) is 3.67. The second kappa shape index (κ2) is 9.28. The van der Waals surface area contributed by atoms with Crippen molar-refractivity contribution in [2.75, 3.05) is 70.4 Å². The van der Waals surface area contributed by atoms with Gasteiger partial charge in [-0.1, -0.05) is 17.7 Å². The molecule has 7 nitrogen and oxygen atoms in total. The van der Waals surface area contributed by atoms with Crippen LogP contribution in [0, 0.1) is 0 Å². The summed E-state index contributed by atoms with van der Waals surface area (Å²) in [5, 5.41) is 0.743. The zero-order chi connectivity index (χ0) is 19.2. The average Bonchev–Trinajstić information content (AvgIpc) is 2.69. The highest BCUT2D eigenvalue weighted by Gasteiger charge is 2.27. The zero-order valence-electron chi connectivity index (χ0n) is 15.8. The van der Waals surface area contributed by atoms with Crippen LogP contribution in [0.3, 0.4) is 0 Å². The van der Waals surface area contributed by atoms with Gasteiger partial charge in [-0.2, -0.15) is 0 Å². The van der Waals surface area contributed by atoms with E-state index in [2.05, 4.69) is 15.9 Å². The van der Waals surface area contributed by atoms with Gasteiger partial charge in [0, 0.05) is 63.1 Å². The number of nitrogens with zero attached hydrogens (tertiary/aromatic N) is 4. The number of halogens is 1. The minimum atomic E-state index is -0.290. The lowest BCUT2D eigenvalue weighted by Crippen LogP contribution is -2.54. The van der Waals surface area contributed by atoms with E-state index in [1.807, 2.05) is 23.1 Å². The highest BCUT2D eigenvalue weighted by molar-refractivity contribution is 6.30. The van der Waals surface area contributed by atoms with Gasteiger partial charge in [0.2, 0.25) is 5.91 Å². The van der Waals surface area contributed by atoms with Crippen molar-refractivity contribution in [3.05, 3.63) is 29.3 Å². The van der Waals surface area contributed by atoms with Crippen LogP contribution in [0.15, 0.2) is 24.3 Å². The molecule has 2 fully saturated rings. The van der Waals surface area contributed by atoms with Gasteiger partial charge in [0.15, 0.2) is 0 Å². The molecule has 0 saturated carbocycles. The summed E-state index contributed by atoms with van der Waals surface area (Å²) in [4.78, 5) is 32.3. The first-order valence-corrected chi connectivity index (χ1v) is 9.87. The maximum atomic E-state index is 12.6. The Morgan fingerprint density at radius 3 is 2.30 bits per heavy atom. The van der Waals surface area contributed by atoms with Crippen molar-refractivity contribution >= 4 is 29.3 Å². The van der Waals surface area contributed by atoms with Gasteiger partial charge in [-0.3, -0.25) is 9.69 Å². The molecular weight excluding hydrogens is 368 g/mol. The predicted octanol–water partition coefficient (Wildman–Crippen LogP) is 1.76. The van der Waals surface area contributed by atoms with E-state index in [1.165, 1.54) is 0 Å². The Kier molecular flexibility index (Phi) is 6.79. The first kappa shape index (κ1) is 19.8. The Bertz CT molecular complexity index is 656. The van der Waals surface area contributed by atoms with Gasteiger partial charge < -0.3 is 19.4 Å². The monoisotopic (exact) mass is 394 g/mol. The summed E-state index contributed by atoms with van der Waals surface area (Å²) in [5.41, 5.74) is 1.13. The van der Waals surface area contributed by atoms with E-state index < -0.39 is 0 Å². The second-order valence-corrected chi connectivity index (χ2v) is 7.25. The van der Waals surface area contributed by atoms with E-state index in [0.717, 1.165) is 36.9 Å². The van der Waals surface area contributed by atoms with Crippen molar-refractivity contribution in [2.45, 2.75) is 6.92 Å². The Hall–Kier alpha value is -1.99. The smallest absolute Gasteiger partial charge is 0.409 e. The molecule has 0 radical (unpaired) electrons. The lowest BCUT2D eigenvalue weighted by Gasteiger charge is -2.38. The zero-order valence-corrected chi connectivity index (χ0v) is 16.5. The number of anilines is 1. The van der Waals surface area contributed by atoms with Crippen molar-refractivity contribution in [2.24, 2.45) is 0 Å². The molecule has 1 aromatic rings. The molecular formula is C19H27ClN4O3. The molecule has 2 heterocycles. The first-order valence-electron chi connectivity index (χ1n) is 9.49. The van der Waals surface area contributed by atoms with E-state index in [-0.39, 0.29) is 12.0 Å². The average molecular weight is 395 g/mol. The minimum Gasteiger partial charge on any atom is -0.450 e. The number of carbonyl (C=O) groups is 2. The third kappa shape index (κ3) is 5.26. The third-order valence-corrected chi connectivity index (χ3v) is 5.30. The molecule has 3 rings (SSSR count). The molecule has 0 aromatic heterocycles. The number of amides is 2. The van der Waals surface area contributed by atoms with Crippen LogP contribution in [0.5, 0.6) is 0 Å². The summed E-state index contributed by atoms with van der Waals surface area (Å²) >= 11 is 6.08. The summed E-state index contributed by atoms with van der Waals surface area (Å²) in [6, 6.07) is 7.88. The van der Waals surface area contributed by atoms with Crippen LogP contribution < -0.4 is 4.90 Å². The lowest BCUT2D eigenvalue weighted by atomic mass is 10.2. The van der Waals surface area contributed by atoms with E-state index in [9.17, 15) is 9.59 Å². The van der Waals surface area contributed by atoms with Crippen molar-refractivity contribution in [1.29, 1.82) is 0 Å². The number of hydrogen-bond acceptors (Lipinski definition) is 5. The Morgan fingerprint density at radius 2 is 1.67 bits per heavy atom. The standard InChI is InChI=1S/C19H27ClN4O3/c1-2-27-19(26)24-12-10-23(11-13-24)18(25)15-21-6-8-22(9-7-21)17-5-3-4-16(20)14-17/h3-5,14H,2,6-13,15H2,1H3.